The maximum absolute atomic E-state index is 5.96. The molecular weight excluding hydrogens is 252 g/mol. The van der Waals surface area contributed by atoms with Crippen LogP contribution < -0.4 is 0 Å². The van der Waals surface area contributed by atoms with Crippen LogP contribution in [0.15, 0.2) is 6.07 Å². The lowest BCUT2D eigenvalue weighted by molar-refractivity contribution is -0.118. The van der Waals surface area contributed by atoms with E-state index in [-0.39, 0.29) is 0 Å². The Balaban J connectivity index is 2.37. The average molecular weight is 271 g/mol. The lowest BCUT2D eigenvalue weighted by Gasteiger charge is -2.35. The third kappa shape index (κ3) is 2.82. The summed E-state index contributed by atoms with van der Waals surface area (Å²) in [6.45, 7) is 5.98. The summed E-state index contributed by atoms with van der Waals surface area (Å²) < 4.78 is 11.4. The number of aromatic nitrogens is 2. The van der Waals surface area contributed by atoms with Gasteiger partial charge in [-0.05, 0) is 19.9 Å². The predicted molar refractivity (Wildman–Crippen MR) is 69.7 cm³/mol. The Kier molecular flexibility index (Phi) is 4.54. The van der Waals surface area contributed by atoms with E-state index in [0.717, 1.165) is 30.1 Å². The standard InChI is InChI=1S/C13H19ClN2O2/c1-3-18-13(4-6-17-7-5-13)12-15-10(2)8-11(9-14)16-12/h8H,3-7,9H2,1-2H3. The minimum atomic E-state index is -0.403. The Morgan fingerprint density at radius 2 is 2.11 bits per heavy atom. The molecule has 0 N–H and O–H groups in total. The van der Waals surface area contributed by atoms with Crippen molar-refractivity contribution < 1.29 is 9.47 Å². The maximum Gasteiger partial charge on any atom is 0.160 e. The van der Waals surface area contributed by atoms with Crippen molar-refractivity contribution in [1.29, 1.82) is 0 Å². The zero-order valence-corrected chi connectivity index (χ0v) is 11.7. The summed E-state index contributed by atoms with van der Waals surface area (Å²) in [5.41, 5.74) is 1.38. The number of aryl methyl sites for hydroxylation is 1. The molecule has 0 aliphatic carbocycles. The van der Waals surface area contributed by atoms with Crippen LogP contribution in [0.5, 0.6) is 0 Å². The monoisotopic (exact) mass is 270 g/mol. The van der Waals surface area contributed by atoms with Crippen molar-refractivity contribution in [1.82, 2.24) is 9.97 Å². The highest BCUT2D eigenvalue weighted by molar-refractivity contribution is 6.16. The van der Waals surface area contributed by atoms with E-state index in [1.165, 1.54) is 0 Å². The van der Waals surface area contributed by atoms with Gasteiger partial charge in [-0.1, -0.05) is 0 Å². The Bertz CT molecular complexity index is 400. The molecule has 0 aromatic carbocycles. The van der Waals surface area contributed by atoms with E-state index in [9.17, 15) is 0 Å². The van der Waals surface area contributed by atoms with Crippen LogP contribution in [-0.4, -0.2) is 29.8 Å². The molecule has 0 bridgehead atoms. The molecule has 0 unspecified atom stereocenters. The van der Waals surface area contributed by atoms with Crippen LogP contribution in [-0.2, 0) is 21.0 Å². The SMILES string of the molecule is CCOC1(c2nc(C)cc(CCl)n2)CCOCC1. The average Bonchev–Trinajstić information content (AvgIpc) is 2.39. The molecule has 100 valence electrons. The van der Waals surface area contributed by atoms with E-state index < -0.39 is 5.60 Å². The van der Waals surface area contributed by atoms with Crippen LogP contribution in [0.2, 0.25) is 0 Å². The summed E-state index contributed by atoms with van der Waals surface area (Å²) in [5.74, 6) is 1.15. The molecule has 2 rings (SSSR count). The molecule has 1 fully saturated rings. The summed E-state index contributed by atoms with van der Waals surface area (Å²) in [7, 11) is 0. The molecule has 1 aliphatic heterocycles. The number of alkyl halides is 1. The summed E-state index contributed by atoms with van der Waals surface area (Å²) in [6.07, 6.45) is 1.60. The zero-order chi connectivity index (χ0) is 13.0. The number of rotatable bonds is 4. The van der Waals surface area contributed by atoms with E-state index in [1.54, 1.807) is 0 Å². The van der Waals surface area contributed by atoms with Crippen LogP contribution in [0.1, 0.15) is 37.0 Å². The fourth-order valence-electron chi connectivity index (χ4n) is 2.32. The van der Waals surface area contributed by atoms with Gasteiger partial charge in [-0.2, -0.15) is 0 Å². The lowest BCUT2D eigenvalue weighted by atomic mass is 9.92. The molecule has 1 aliphatic rings. The third-order valence-corrected chi connectivity index (χ3v) is 3.45. The number of hydrogen-bond donors (Lipinski definition) is 0. The van der Waals surface area contributed by atoms with Crippen LogP contribution >= 0.6 is 11.6 Å². The molecule has 5 heteroatoms. The first-order valence-corrected chi connectivity index (χ1v) is 6.86. The summed E-state index contributed by atoms with van der Waals surface area (Å²) in [5, 5.41) is 0. The third-order valence-electron chi connectivity index (χ3n) is 3.17. The maximum atomic E-state index is 5.96. The first-order chi connectivity index (χ1) is 8.70. The molecular formula is C13H19ClN2O2. The molecule has 1 aromatic heterocycles. The van der Waals surface area contributed by atoms with Crippen molar-refractivity contribution in [2.24, 2.45) is 0 Å². The lowest BCUT2D eigenvalue weighted by Crippen LogP contribution is -2.38. The van der Waals surface area contributed by atoms with Gasteiger partial charge in [0.2, 0.25) is 0 Å². The van der Waals surface area contributed by atoms with Gasteiger partial charge in [-0.3, -0.25) is 0 Å². The highest BCUT2D eigenvalue weighted by atomic mass is 35.5. The van der Waals surface area contributed by atoms with Gasteiger partial charge in [-0.25, -0.2) is 9.97 Å². The fourth-order valence-corrected chi connectivity index (χ4v) is 2.45. The van der Waals surface area contributed by atoms with Gasteiger partial charge in [0, 0.05) is 38.4 Å². The molecule has 0 saturated carbocycles. The molecule has 0 amide bonds. The van der Waals surface area contributed by atoms with E-state index in [1.807, 2.05) is 19.9 Å². The van der Waals surface area contributed by atoms with Crippen LogP contribution in [0, 0.1) is 6.92 Å². The van der Waals surface area contributed by atoms with Crippen molar-refractivity contribution in [2.45, 2.75) is 38.2 Å². The van der Waals surface area contributed by atoms with Crippen LogP contribution in [0.3, 0.4) is 0 Å². The van der Waals surface area contributed by atoms with Crippen molar-refractivity contribution >= 4 is 11.6 Å². The fraction of sp³-hybridized carbons (Fsp3) is 0.692. The Hall–Kier alpha value is -0.710. The first-order valence-electron chi connectivity index (χ1n) is 6.33. The number of halogens is 1. The molecule has 0 spiro atoms. The van der Waals surface area contributed by atoms with Gasteiger partial charge < -0.3 is 9.47 Å². The second kappa shape index (κ2) is 5.95. The van der Waals surface area contributed by atoms with E-state index >= 15 is 0 Å². The molecule has 0 atom stereocenters. The topological polar surface area (TPSA) is 44.2 Å². The van der Waals surface area contributed by atoms with E-state index in [2.05, 4.69) is 9.97 Å². The normalized spacial score (nSPS) is 18.8. The van der Waals surface area contributed by atoms with Gasteiger partial charge in [0.25, 0.3) is 0 Å². The second-order valence-corrected chi connectivity index (χ2v) is 4.76. The Labute approximate surface area is 113 Å². The zero-order valence-electron chi connectivity index (χ0n) is 10.9. The van der Waals surface area contributed by atoms with E-state index in [0.29, 0.717) is 25.7 Å². The number of nitrogens with zero attached hydrogens (tertiary/aromatic N) is 2. The van der Waals surface area contributed by atoms with E-state index in [4.69, 9.17) is 21.1 Å². The largest absolute Gasteiger partial charge is 0.381 e. The quantitative estimate of drug-likeness (QED) is 0.789. The van der Waals surface area contributed by atoms with Crippen molar-refractivity contribution in [2.75, 3.05) is 19.8 Å². The molecule has 4 nitrogen and oxygen atoms in total. The van der Waals surface area contributed by atoms with Gasteiger partial charge >= 0.3 is 0 Å². The van der Waals surface area contributed by atoms with Crippen molar-refractivity contribution in [3.05, 3.63) is 23.3 Å². The molecule has 1 aromatic rings. The molecule has 0 radical (unpaired) electrons. The Morgan fingerprint density at radius 3 is 2.72 bits per heavy atom. The number of hydrogen-bond acceptors (Lipinski definition) is 4. The number of ether oxygens (including phenoxy) is 2. The highest BCUT2D eigenvalue weighted by Crippen LogP contribution is 2.34. The molecule has 18 heavy (non-hydrogen) atoms. The summed E-state index contributed by atoms with van der Waals surface area (Å²) >= 11 is 5.88. The first kappa shape index (κ1) is 13.7. The van der Waals surface area contributed by atoms with Crippen LogP contribution in [0.4, 0.5) is 0 Å². The molecule has 1 saturated heterocycles. The van der Waals surface area contributed by atoms with Crippen molar-refractivity contribution in [3.8, 4) is 0 Å². The minimum absolute atomic E-state index is 0.398. The smallest absolute Gasteiger partial charge is 0.160 e. The van der Waals surface area contributed by atoms with Gasteiger partial charge in [0.15, 0.2) is 5.82 Å². The minimum Gasteiger partial charge on any atom is -0.381 e. The van der Waals surface area contributed by atoms with Gasteiger partial charge in [0.05, 0.1) is 11.6 Å². The van der Waals surface area contributed by atoms with Crippen LogP contribution in [0.25, 0.3) is 0 Å². The summed E-state index contributed by atoms with van der Waals surface area (Å²) in [6, 6.07) is 1.91. The predicted octanol–water partition coefficient (Wildman–Crippen LogP) is 2.57. The highest BCUT2D eigenvalue weighted by Gasteiger charge is 2.38. The van der Waals surface area contributed by atoms with Gasteiger partial charge in [-0.15, -0.1) is 11.6 Å². The Morgan fingerprint density at radius 1 is 1.39 bits per heavy atom. The van der Waals surface area contributed by atoms with Crippen molar-refractivity contribution in [3.63, 3.8) is 0 Å². The van der Waals surface area contributed by atoms with Gasteiger partial charge in [0.1, 0.15) is 5.60 Å². The second-order valence-electron chi connectivity index (χ2n) is 4.50. The summed E-state index contributed by atoms with van der Waals surface area (Å²) in [4.78, 5) is 9.09. The molecule has 2 heterocycles.